The highest BCUT2D eigenvalue weighted by Gasteiger charge is 1.98. The highest BCUT2D eigenvalue weighted by molar-refractivity contribution is 7.09. The molecule has 0 aliphatic rings. The second-order valence-electron chi connectivity index (χ2n) is 3.04. The van der Waals surface area contributed by atoms with E-state index in [1.807, 2.05) is 17.1 Å². The Balaban J connectivity index is 1.67. The first-order chi connectivity index (χ1) is 7.34. The van der Waals surface area contributed by atoms with Crippen LogP contribution in [0.1, 0.15) is 6.42 Å². The Kier molecular flexibility index (Phi) is 3.13. The van der Waals surface area contributed by atoms with Crippen LogP contribution in [-0.2, 0) is 6.54 Å². The molecule has 2 rings (SSSR count). The largest absolute Gasteiger partial charge is 0.367 e. The molecular formula is C8H12N6S. The molecule has 6 nitrogen and oxygen atoms in total. The Labute approximate surface area is 91.3 Å². The van der Waals surface area contributed by atoms with Gasteiger partial charge in [-0.3, -0.25) is 0 Å². The van der Waals surface area contributed by atoms with Gasteiger partial charge in [0.2, 0.25) is 11.1 Å². The third kappa shape index (κ3) is 2.91. The predicted octanol–water partition coefficient (Wildman–Crippen LogP) is 0.819. The van der Waals surface area contributed by atoms with Crippen LogP contribution in [0.25, 0.3) is 0 Å². The van der Waals surface area contributed by atoms with Crippen LogP contribution in [0.3, 0.4) is 0 Å². The van der Waals surface area contributed by atoms with E-state index in [1.165, 1.54) is 11.5 Å². The van der Waals surface area contributed by atoms with E-state index in [0.29, 0.717) is 5.95 Å². The molecule has 0 spiro atoms. The zero-order valence-electron chi connectivity index (χ0n) is 8.13. The maximum atomic E-state index is 5.40. The summed E-state index contributed by atoms with van der Waals surface area (Å²) < 4.78 is 5.91. The van der Waals surface area contributed by atoms with Gasteiger partial charge in [-0.2, -0.15) is 9.36 Å². The lowest BCUT2D eigenvalue weighted by molar-refractivity contribution is 0.660. The molecule has 0 aromatic carbocycles. The van der Waals surface area contributed by atoms with Crippen molar-refractivity contribution in [2.75, 3.05) is 17.6 Å². The van der Waals surface area contributed by atoms with E-state index < -0.39 is 0 Å². The van der Waals surface area contributed by atoms with Crippen molar-refractivity contribution in [1.82, 2.24) is 18.9 Å². The molecule has 0 unspecified atom stereocenters. The SMILES string of the molecule is Nc1nsc(NCCCn2ccnc2)n1. The first-order valence-corrected chi connectivity index (χ1v) is 5.41. The number of nitrogen functional groups attached to an aromatic ring is 1. The maximum absolute atomic E-state index is 5.40. The van der Waals surface area contributed by atoms with Gasteiger partial charge in [-0.1, -0.05) is 0 Å². The number of aryl methyl sites for hydroxylation is 1. The second-order valence-corrected chi connectivity index (χ2v) is 3.79. The summed E-state index contributed by atoms with van der Waals surface area (Å²) in [6, 6.07) is 0. The van der Waals surface area contributed by atoms with Crippen LogP contribution in [0.4, 0.5) is 11.1 Å². The molecule has 7 heteroatoms. The molecule has 80 valence electrons. The van der Waals surface area contributed by atoms with Gasteiger partial charge in [-0.05, 0) is 6.42 Å². The number of imidazole rings is 1. The summed E-state index contributed by atoms with van der Waals surface area (Å²) in [6.07, 6.45) is 6.54. The summed E-state index contributed by atoms with van der Waals surface area (Å²) in [5, 5.41) is 3.94. The Bertz CT molecular complexity index is 395. The van der Waals surface area contributed by atoms with Gasteiger partial charge < -0.3 is 15.6 Å². The van der Waals surface area contributed by atoms with E-state index in [1.54, 1.807) is 6.20 Å². The Hall–Kier alpha value is -1.63. The minimum absolute atomic E-state index is 0.331. The zero-order chi connectivity index (χ0) is 10.5. The molecule has 0 aliphatic heterocycles. The van der Waals surface area contributed by atoms with Crippen molar-refractivity contribution in [3.8, 4) is 0 Å². The third-order valence-electron chi connectivity index (χ3n) is 1.87. The normalized spacial score (nSPS) is 10.4. The minimum Gasteiger partial charge on any atom is -0.367 e. The highest BCUT2D eigenvalue weighted by atomic mass is 32.1. The molecule has 0 radical (unpaired) electrons. The number of rotatable bonds is 5. The van der Waals surface area contributed by atoms with Crippen LogP contribution in [-0.4, -0.2) is 25.5 Å². The molecule has 2 aromatic heterocycles. The summed E-state index contributed by atoms with van der Waals surface area (Å²) in [5.74, 6) is 0.331. The highest BCUT2D eigenvalue weighted by Crippen LogP contribution is 2.11. The van der Waals surface area contributed by atoms with Gasteiger partial charge >= 0.3 is 0 Å². The molecule has 0 atom stereocenters. The fraction of sp³-hybridized carbons (Fsp3) is 0.375. The quantitative estimate of drug-likeness (QED) is 0.735. The van der Waals surface area contributed by atoms with Gasteiger partial charge in [0.25, 0.3) is 0 Å². The van der Waals surface area contributed by atoms with Crippen molar-refractivity contribution in [2.24, 2.45) is 0 Å². The van der Waals surface area contributed by atoms with Gasteiger partial charge in [0.05, 0.1) is 6.33 Å². The van der Waals surface area contributed by atoms with Crippen LogP contribution in [0.15, 0.2) is 18.7 Å². The molecule has 3 N–H and O–H groups in total. The molecule has 0 fully saturated rings. The smallest absolute Gasteiger partial charge is 0.233 e. The first-order valence-electron chi connectivity index (χ1n) is 4.63. The molecule has 15 heavy (non-hydrogen) atoms. The number of aromatic nitrogens is 4. The molecule has 2 aromatic rings. The van der Waals surface area contributed by atoms with E-state index in [4.69, 9.17) is 5.73 Å². The molecule has 0 saturated carbocycles. The van der Waals surface area contributed by atoms with Crippen molar-refractivity contribution in [3.05, 3.63) is 18.7 Å². The lowest BCUT2D eigenvalue weighted by Crippen LogP contribution is -2.05. The van der Waals surface area contributed by atoms with E-state index >= 15 is 0 Å². The fourth-order valence-corrected chi connectivity index (χ4v) is 1.70. The summed E-state index contributed by atoms with van der Waals surface area (Å²) in [7, 11) is 0. The zero-order valence-corrected chi connectivity index (χ0v) is 8.94. The van der Waals surface area contributed by atoms with Crippen LogP contribution < -0.4 is 11.1 Å². The second kappa shape index (κ2) is 4.74. The summed E-state index contributed by atoms with van der Waals surface area (Å²) in [6.45, 7) is 1.80. The van der Waals surface area contributed by atoms with Gasteiger partial charge in [0.15, 0.2) is 0 Å². The van der Waals surface area contributed by atoms with Gasteiger partial charge in [0, 0.05) is 37.0 Å². The van der Waals surface area contributed by atoms with E-state index in [0.717, 1.165) is 24.6 Å². The first kappa shape index (κ1) is 9.91. The molecule has 2 heterocycles. The summed E-state index contributed by atoms with van der Waals surface area (Å²) in [5.41, 5.74) is 5.40. The van der Waals surface area contributed by atoms with Gasteiger partial charge in [-0.15, -0.1) is 0 Å². The van der Waals surface area contributed by atoms with Crippen LogP contribution in [0.2, 0.25) is 0 Å². The minimum atomic E-state index is 0.331. The van der Waals surface area contributed by atoms with E-state index in [2.05, 4.69) is 19.7 Å². The topological polar surface area (TPSA) is 81.6 Å². The van der Waals surface area contributed by atoms with E-state index in [9.17, 15) is 0 Å². The third-order valence-corrected chi connectivity index (χ3v) is 2.56. The Morgan fingerprint density at radius 1 is 1.53 bits per heavy atom. The number of anilines is 2. The average molecular weight is 224 g/mol. The van der Waals surface area contributed by atoms with Gasteiger partial charge in [-0.25, -0.2) is 4.98 Å². The fourth-order valence-electron chi connectivity index (χ4n) is 1.18. The van der Waals surface area contributed by atoms with Crippen molar-refractivity contribution >= 4 is 22.6 Å². The van der Waals surface area contributed by atoms with Crippen molar-refractivity contribution < 1.29 is 0 Å². The van der Waals surface area contributed by atoms with Crippen LogP contribution >= 0.6 is 11.5 Å². The van der Waals surface area contributed by atoms with Crippen LogP contribution in [0.5, 0.6) is 0 Å². The number of nitrogens with zero attached hydrogens (tertiary/aromatic N) is 4. The molecule has 0 aliphatic carbocycles. The predicted molar refractivity (Wildman–Crippen MR) is 59.7 cm³/mol. The summed E-state index contributed by atoms with van der Waals surface area (Å²) in [4.78, 5) is 7.97. The maximum Gasteiger partial charge on any atom is 0.233 e. The number of nitrogens with two attached hydrogens (primary N) is 1. The number of nitrogens with one attached hydrogen (secondary N) is 1. The van der Waals surface area contributed by atoms with E-state index in [-0.39, 0.29) is 0 Å². The number of hydrogen-bond acceptors (Lipinski definition) is 6. The van der Waals surface area contributed by atoms with Crippen molar-refractivity contribution in [2.45, 2.75) is 13.0 Å². The Morgan fingerprint density at radius 3 is 3.13 bits per heavy atom. The average Bonchev–Trinajstić information content (AvgIpc) is 2.84. The van der Waals surface area contributed by atoms with Crippen molar-refractivity contribution in [3.63, 3.8) is 0 Å². The summed E-state index contributed by atoms with van der Waals surface area (Å²) >= 11 is 1.28. The standard InChI is InChI=1S/C8H12N6S/c9-7-12-8(15-13-7)11-2-1-4-14-5-3-10-6-14/h3,5-6H,1-2,4H2,(H3,9,11,12,13). The monoisotopic (exact) mass is 224 g/mol. The number of hydrogen-bond donors (Lipinski definition) is 2. The molecule has 0 bridgehead atoms. The lowest BCUT2D eigenvalue weighted by Gasteiger charge is -2.02. The lowest BCUT2D eigenvalue weighted by atomic mass is 10.4. The van der Waals surface area contributed by atoms with Gasteiger partial charge in [0.1, 0.15) is 0 Å². The molecular weight excluding hydrogens is 212 g/mol. The van der Waals surface area contributed by atoms with Crippen molar-refractivity contribution in [1.29, 1.82) is 0 Å². The Morgan fingerprint density at radius 2 is 2.47 bits per heavy atom. The van der Waals surface area contributed by atoms with Crippen LogP contribution in [0, 0.1) is 0 Å². The molecule has 0 amide bonds. The molecule has 0 saturated heterocycles.